The number of aliphatic hydroxyl groups is 5. The molecule has 0 spiro atoms. The standard InChI is InChI=1S/C32H42Cl2N4O7/c33-22-15-20(23(34)14-19(22)7-10-29(42)35-16-27(40)30(43)31(44)28(41)18-39)17-36-11-3-6-26(36)32(45)38-13-12-37(21-8-9-21)24-4-1-2-5-25(24)38/h1-2,4-5,14-15,21,26-28,30-31,39-41,43-44H,3,6-13,16-18H2,(H,35,42)/t26-,27-,28+,30+,31+/m0/s1. The van der Waals surface area contributed by atoms with Crippen LogP contribution >= 0.6 is 23.2 Å². The van der Waals surface area contributed by atoms with Gasteiger partial charge in [-0.1, -0.05) is 35.3 Å². The second-order valence-corrected chi connectivity index (χ2v) is 13.0. The normalized spacial score (nSPS) is 21.3. The van der Waals surface area contributed by atoms with E-state index in [2.05, 4.69) is 21.2 Å². The van der Waals surface area contributed by atoms with E-state index in [-0.39, 0.29) is 31.3 Å². The summed E-state index contributed by atoms with van der Waals surface area (Å²) in [5, 5.41) is 51.4. The molecule has 0 radical (unpaired) electrons. The molecule has 3 aliphatic rings. The van der Waals surface area contributed by atoms with Crippen molar-refractivity contribution >= 4 is 46.4 Å². The summed E-state index contributed by atoms with van der Waals surface area (Å²) in [7, 11) is 0. The molecule has 1 aliphatic carbocycles. The van der Waals surface area contributed by atoms with Crippen molar-refractivity contribution in [2.75, 3.05) is 42.6 Å². The molecule has 246 valence electrons. The zero-order valence-electron chi connectivity index (χ0n) is 25.1. The third-order valence-electron chi connectivity index (χ3n) is 8.99. The SMILES string of the molecule is O=C(CCc1cc(Cl)c(CN2CCC[C@H]2C(=O)N2CCN(C3CC3)c3ccccc32)cc1Cl)NC[C@H](O)[C@@H](O)[C@H](O)[C@H](O)CO. The van der Waals surface area contributed by atoms with Crippen molar-refractivity contribution in [2.45, 2.75) is 81.6 Å². The fourth-order valence-electron chi connectivity index (χ4n) is 6.25. The number of amides is 2. The monoisotopic (exact) mass is 664 g/mol. The molecule has 2 heterocycles. The Hall–Kier alpha value is -2.48. The van der Waals surface area contributed by atoms with E-state index < -0.39 is 36.9 Å². The lowest BCUT2D eigenvalue weighted by Gasteiger charge is -2.40. The van der Waals surface area contributed by atoms with Crippen molar-refractivity contribution in [3.63, 3.8) is 0 Å². The van der Waals surface area contributed by atoms with Crippen LogP contribution in [-0.2, 0) is 22.6 Å². The van der Waals surface area contributed by atoms with Gasteiger partial charge in [0.05, 0.1) is 30.1 Å². The Balaban J connectivity index is 1.16. The summed E-state index contributed by atoms with van der Waals surface area (Å²) in [6.07, 6.45) is -2.32. The number of benzene rings is 2. The third-order valence-corrected chi connectivity index (χ3v) is 9.70. The number of rotatable bonds is 13. The molecule has 2 fully saturated rings. The van der Waals surface area contributed by atoms with Crippen LogP contribution in [-0.4, -0.2) is 112 Å². The highest BCUT2D eigenvalue weighted by Gasteiger charge is 2.39. The number of fused-ring (bicyclic) bond motifs is 1. The number of hydrogen-bond donors (Lipinski definition) is 6. The molecule has 2 aliphatic heterocycles. The van der Waals surface area contributed by atoms with Gasteiger partial charge in [0.15, 0.2) is 0 Å². The molecule has 5 atom stereocenters. The van der Waals surface area contributed by atoms with Crippen LogP contribution in [0, 0.1) is 0 Å². The number of likely N-dealkylation sites (tertiary alicyclic amines) is 1. The number of carbonyl (C=O) groups is 2. The number of anilines is 2. The smallest absolute Gasteiger partial charge is 0.244 e. The maximum absolute atomic E-state index is 13.9. The van der Waals surface area contributed by atoms with Gasteiger partial charge in [-0.05, 0) is 74.0 Å². The van der Waals surface area contributed by atoms with Crippen LogP contribution < -0.4 is 15.1 Å². The number of nitrogens with zero attached hydrogens (tertiary/aromatic N) is 3. The molecule has 0 bridgehead atoms. The number of nitrogens with one attached hydrogen (secondary N) is 1. The number of aliphatic hydroxyl groups excluding tert-OH is 5. The largest absolute Gasteiger partial charge is 0.394 e. The van der Waals surface area contributed by atoms with Gasteiger partial charge in [0.25, 0.3) is 0 Å². The molecule has 11 nitrogen and oxygen atoms in total. The molecule has 13 heteroatoms. The number of aryl methyl sites for hydroxylation is 1. The summed E-state index contributed by atoms with van der Waals surface area (Å²) in [6, 6.07) is 12.0. The molecular formula is C32H42Cl2N4O7. The van der Waals surface area contributed by atoms with Gasteiger partial charge in [0.1, 0.15) is 18.3 Å². The van der Waals surface area contributed by atoms with Crippen LogP contribution in [0.1, 0.15) is 43.2 Å². The predicted molar refractivity (Wildman–Crippen MR) is 172 cm³/mol. The lowest BCUT2D eigenvalue weighted by atomic mass is 10.0. The van der Waals surface area contributed by atoms with Crippen LogP contribution in [0.5, 0.6) is 0 Å². The number of carbonyl (C=O) groups excluding carboxylic acids is 2. The van der Waals surface area contributed by atoms with Gasteiger partial charge < -0.3 is 40.6 Å². The van der Waals surface area contributed by atoms with E-state index >= 15 is 0 Å². The summed E-state index contributed by atoms with van der Waals surface area (Å²) in [5.41, 5.74) is 3.58. The summed E-state index contributed by atoms with van der Waals surface area (Å²) in [6.45, 7) is 1.59. The van der Waals surface area contributed by atoms with Crippen LogP contribution in [0.4, 0.5) is 11.4 Å². The van der Waals surface area contributed by atoms with Crippen LogP contribution in [0.3, 0.4) is 0 Å². The van der Waals surface area contributed by atoms with Crippen molar-refractivity contribution < 1.29 is 35.1 Å². The quantitative estimate of drug-likeness (QED) is 0.187. The van der Waals surface area contributed by atoms with E-state index in [1.165, 1.54) is 12.8 Å². The zero-order valence-corrected chi connectivity index (χ0v) is 26.6. The first kappa shape index (κ1) is 33.9. The van der Waals surface area contributed by atoms with Crippen LogP contribution in [0.25, 0.3) is 0 Å². The van der Waals surface area contributed by atoms with Crippen molar-refractivity contribution in [1.82, 2.24) is 10.2 Å². The topological polar surface area (TPSA) is 157 Å². The summed E-state index contributed by atoms with van der Waals surface area (Å²) >= 11 is 13.3. The summed E-state index contributed by atoms with van der Waals surface area (Å²) in [5.74, 6) is -0.315. The van der Waals surface area contributed by atoms with Gasteiger partial charge in [-0.3, -0.25) is 14.5 Å². The second-order valence-electron chi connectivity index (χ2n) is 12.2. The maximum Gasteiger partial charge on any atom is 0.244 e. The van der Waals surface area contributed by atoms with Gasteiger partial charge in [0, 0.05) is 48.7 Å². The predicted octanol–water partition coefficient (Wildman–Crippen LogP) is 1.46. The molecule has 2 aromatic rings. The highest BCUT2D eigenvalue weighted by molar-refractivity contribution is 6.34. The first-order valence-corrected chi connectivity index (χ1v) is 16.3. The third kappa shape index (κ3) is 7.91. The van der Waals surface area contributed by atoms with E-state index in [0.717, 1.165) is 42.9 Å². The number of halogens is 2. The molecular weight excluding hydrogens is 623 g/mol. The fraction of sp³-hybridized carbons (Fsp3) is 0.562. The molecule has 6 N–H and O–H groups in total. The van der Waals surface area contributed by atoms with Crippen LogP contribution in [0.15, 0.2) is 36.4 Å². The molecule has 0 unspecified atom stereocenters. The molecule has 0 aromatic heterocycles. The van der Waals surface area contributed by atoms with Crippen molar-refractivity contribution in [2.24, 2.45) is 0 Å². The van der Waals surface area contributed by atoms with Crippen LogP contribution in [0.2, 0.25) is 10.0 Å². The summed E-state index contributed by atoms with van der Waals surface area (Å²) in [4.78, 5) is 32.9. The van der Waals surface area contributed by atoms with Gasteiger partial charge in [-0.25, -0.2) is 0 Å². The minimum absolute atomic E-state index is 0.0260. The molecule has 2 amide bonds. The van der Waals surface area contributed by atoms with E-state index in [1.54, 1.807) is 12.1 Å². The van der Waals surface area contributed by atoms with E-state index in [9.17, 15) is 30.0 Å². The maximum atomic E-state index is 13.9. The average Bonchev–Trinajstić information content (AvgIpc) is 3.79. The molecule has 5 rings (SSSR count). The first-order chi connectivity index (χ1) is 21.6. The van der Waals surface area contributed by atoms with Gasteiger partial charge in [0.2, 0.25) is 11.8 Å². The van der Waals surface area contributed by atoms with Gasteiger partial charge >= 0.3 is 0 Å². The summed E-state index contributed by atoms with van der Waals surface area (Å²) < 4.78 is 0. The lowest BCUT2D eigenvalue weighted by Crippen LogP contribution is -2.51. The molecule has 2 aromatic carbocycles. The average molecular weight is 666 g/mol. The van der Waals surface area contributed by atoms with E-state index in [1.807, 2.05) is 23.1 Å². The Morgan fingerprint density at radius 3 is 2.27 bits per heavy atom. The zero-order chi connectivity index (χ0) is 32.2. The fourth-order valence-corrected chi connectivity index (χ4v) is 6.78. The highest BCUT2D eigenvalue weighted by atomic mass is 35.5. The second kappa shape index (κ2) is 15.0. The van der Waals surface area contributed by atoms with Crippen molar-refractivity contribution in [3.05, 3.63) is 57.6 Å². The molecule has 45 heavy (non-hydrogen) atoms. The van der Waals surface area contributed by atoms with Gasteiger partial charge in [-0.15, -0.1) is 0 Å². The Morgan fingerprint density at radius 1 is 0.889 bits per heavy atom. The Labute approximate surface area is 272 Å². The van der Waals surface area contributed by atoms with Crippen molar-refractivity contribution in [3.8, 4) is 0 Å². The highest BCUT2D eigenvalue weighted by Crippen LogP contribution is 2.41. The van der Waals surface area contributed by atoms with E-state index in [0.29, 0.717) is 34.7 Å². The number of para-hydroxylation sites is 2. The first-order valence-electron chi connectivity index (χ1n) is 15.6. The van der Waals surface area contributed by atoms with Gasteiger partial charge in [-0.2, -0.15) is 0 Å². The number of hydrogen-bond acceptors (Lipinski definition) is 9. The van der Waals surface area contributed by atoms with E-state index in [4.69, 9.17) is 28.3 Å². The minimum atomic E-state index is -1.77. The molecule has 1 saturated heterocycles. The Morgan fingerprint density at radius 2 is 1.56 bits per heavy atom. The lowest BCUT2D eigenvalue weighted by molar-refractivity contribution is -0.126. The Kier molecular flexibility index (Phi) is 11.3. The van der Waals surface area contributed by atoms with Crippen molar-refractivity contribution in [1.29, 1.82) is 0 Å². The minimum Gasteiger partial charge on any atom is -0.394 e. The molecule has 1 saturated carbocycles. The Bertz CT molecular complexity index is 1360.